The van der Waals surface area contributed by atoms with Gasteiger partial charge in [0.1, 0.15) is 0 Å². The van der Waals surface area contributed by atoms with Crippen LogP contribution in [0.3, 0.4) is 0 Å². The van der Waals surface area contributed by atoms with Crippen molar-refractivity contribution in [3.05, 3.63) is 35.9 Å². The number of hydrogen-bond donors (Lipinski definition) is 1. The first kappa shape index (κ1) is 17.0. The summed E-state index contributed by atoms with van der Waals surface area (Å²) in [6.45, 7) is 2.66. The maximum atomic E-state index is 12.4. The first-order valence-corrected chi connectivity index (χ1v) is 6.85. The van der Waals surface area contributed by atoms with E-state index in [4.69, 9.17) is 4.74 Å². The van der Waals surface area contributed by atoms with Crippen LogP contribution in [0.2, 0.25) is 0 Å². The Bertz CT molecular complexity index is 367. The summed E-state index contributed by atoms with van der Waals surface area (Å²) in [5.74, 6) is 0. The van der Waals surface area contributed by atoms with E-state index in [0.29, 0.717) is 6.54 Å². The van der Waals surface area contributed by atoms with Crippen molar-refractivity contribution in [2.24, 2.45) is 0 Å². The minimum Gasteiger partial charge on any atom is -0.375 e. The minimum atomic E-state index is -4.14. The molecule has 1 N–H and O–H groups in total. The predicted molar refractivity (Wildman–Crippen MR) is 73.6 cm³/mol. The van der Waals surface area contributed by atoms with E-state index in [0.717, 1.165) is 12.0 Å². The molecule has 0 heterocycles. The molecule has 1 aromatic rings. The van der Waals surface area contributed by atoms with E-state index in [1.54, 1.807) is 0 Å². The van der Waals surface area contributed by atoms with Crippen LogP contribution in [0.15, 0.2) is 30.3 Å². The normalized spacial score (nSPS) is 15.1. The molecule has 0 spiro atoms. The van der Waals surface area contributed by atoms with Crippen molar-refractivity contribution in [3.8, 4) is 0 Å². The molecule has 0 saturated heterocycles. The third kappa shape index (κ3) is 5.92. The molecule has 0 aliphatic rings. The van der Waals surface area contributed by atoms with Crippen molar-refractivity contribution in [2.75, 3.05) is 13.7 Å². The van der Waals surface area contributed by atoms with Crippen LogP contribution >= 0.6 is 0 Å². The third-order valence-electron chi connectivity index (χ3n) is 3.14. The van der Waals surface area contributed by atoms with Crippen LogP contribution in [0.4, 0.5) is 13.2 Å². The van der Waals surface area contributed by atoms with Crippen molar-refractivity contribution in [1.29, 1.82) is 0 Å². The highest BCUT2D eigenvalue weighted by Gasteiger charge is 2.31. The summed E-state index contributed by atoms with van der Waals surface area (Å²) >= 11 is 0. The van der Waals surface area contributed by atoms with Crippen LogP contribution < -0.4 is 5.32 Å². The van der Waals surface area contributed by atoms with Crippen molar-refractivity contribution in [2.45, 2.75) is 44.5 Å². The Morgan fingerprint density at radius 3 is 2.35 bits per heavy atom. The molecule has 0 amide bonds. The first-order valence-electron chi connectivity index (χ1n) is 6.85. The Kier molecular flexibility index (Phi) is 7.02. The van der Waals surface area contributed by atoms with Crippen LogP contribution in [0, 0.1) is 0 Å². The average molecular weight is 289 g/mol. The van der Waals surface area contributed by atoms with Crippen LogP contribution in [-0.4, -0.2) is 25.9 Å². The number of rotatable bonds is 8. The molecule has 20 heavy (non-hydrogen) atoms. The standard InChI is InChI=1S/C15H22F3NO/c1-3-11-19-13(9-10-15(16,17)18)14(20-2)12-7-5-4-6-8-12/h4-8,13-14,19H,3,9-11H2,1-2H3. The van der Waals surface area contributed by atoms with Gasteiger partial charge in [-0.15, -0.1) is 0 Å². The second-order valence-electron chi connectivity index (χ2n) is 4.78. The molecule has 2 unspecified atom stereocenters. The molecular formula is C15H22F3NO. The molecule has 1 rings (SSSR count). The summed E-state index contributed by atoms with van der Waals surface area (Å²) in [5.41, 5.74) is 0.894. The van der Waals surface area contributed by atoms with E-state index >= 15 is 0 Å². The second kappa shape index (κ2) is 8.27. The lowest BCUT2D eigenvalue weighted by Crippen LogP contribution is -2.37. The number of methoxy groups -OCH3 is 1. The molecule has 0 fully saturated rings. The maximum absolute atomic E-state index is 12.4. The Morgan fingerprint density at radius 2 is 1.85 bits per heavy atom. The number of nitrogens with one attached hydrogen (secondary N) is 1. The Morgan fingerprint density at radius 1 is 1.20 bits per heavy atom. The monoisotopic (exact) mass is 289 g/mol. The fourth-order valence-corrected chi connectivity index (χ4v) is 2.18. The number of alkyl halides is 3. The van der Waals surface area contributed by atoms with Gasteiger partial charge in [-0.1, -0.05) is 37.3 Å². The van der Waals surface area contributed by atoms with E-state index in [2.05, 4.69) is 5.32 Å². The molecule has 0 aliphatic carbocycles. The Balaban J connectivity index is 2.78. The number of benzene rings is 1. The number of hydrogen-bond acceptors (Lipinski definition) is 2. The highest BCUT2D eigenvalue weighted by Crippen LogP contribution is 2.28. The lowest BCUT2D eigenvalue weighted by molar-refractivity contribution is -0.138. The summed E-state index contributed by atoms with van der Waals surface area (Å²) < 4.78 is 42.7. The van der Waals surface area contributed by atoms with Crippen LogP contribution in [0.5, 0.6) is 0 Å². The van der Waals surface area contributed by atoms with Gasteiger partial charge in [-0.2, -0.15) is 13.2 Å². The molecule has 0 aromatic heterocycles. The zero-order valence-electron chi connectivity index (χ0n) is 11.9. The highest BCUT2D eigenvalue weighted by molar-refractivity contribution is 5.19. The summed E-state index contributed by atoms with van der Waals surface area (Å²) in [6, 6.07) is 9.01. The molecule has 2 atom stereocenters. The van der Waals surface area contributed by atoms with Crippen LogP contribution in [0.1, 0.15) is 37.9 Å². The van der Waals surface area contributed by atoms with Gasteiger partial charge in [0, 0.05) is 19.6 Å². The van der Waals surface area contributed by atoms with E-state index < -0.39 is 12.6 Å². The molecule has 1 aromatic carbocycles. The molecule has 0 bridgehead atoms. The van der Waals surface area contributed by atoms with E-state index in [1.807, 2.05) is 37.3 Å². The van der Waals surface area contributed by atoms with Gasteiger partial charge >= 0.3 is 6.18 Å². The Hall–Kier alpha value is -1.07. The van der Waals surface area contributed by atoms with E-state index in [1.165, 1.54) is 7.11 Å². The van der Waals surface area contributed by atoms with Gasteiger partial charge in [0.15, 0.2) is 0 Å². The SMILES string of the molecule is CCCNC(CCC(F)(F)F)C(OC)c1ccccc1. The average Bonchev–Trinajstić information content (AvgIpc) is 2.42. The van der Waals surface area contributed by atoms with Crippen LogP contribution in [-0.2, 0) is 4.74 Å². The fraction of sp³-hybridized carbons (Fsp3) is 0.600. The van der Waals surface area contributed by atoms with Crippen molar-refractivity contribution in [1.82, 2.24) is 5.32 Å². The van der Waals surface area contributed by atoms with E-state index in [-0.39, 0.29) is 18.6 Å². The zero-order valence-corrected chi connectivity index (χ0v) is 11.9. The van der Waals surface area contributed by atoms with Gasteiger partial charge in [-0.25, -0.2) is 0 Å². The second-order valence-corrected chi connectivity index (χ2v) is 4.78. The molecule has 0 saturated carbocycles. The lowest BCUT2D eigenvalue weighted by atomic mass is 9.98. The quantitative estimate of drug-likeness (QED) is 0.778. The van der Waals surface area contributed by atoms with Gasteiger partial charge in [0.2, 0.25) is 0 Å². The summed E-state index contributed by atoms with van der Waals surface area (Å²) in [7, 11) is 1.53. The molecule has 2 nitrogen and oxygen atoms in total. The largest absolute Gasteiger partial charge is 0.389 e. The fourth-order valence-electron chi connectivity index (χ4n) is 2.18. The van der Waals surface area contributed by atoms with Gasteiger partial charge in [0.05, 0.1) is 6.10 Å². The smallest absolute Gasteiger partial charge is 0.375 e. The first-order chi connectivity index (χ1) is 9.48. The van der Waals surface area contributed by atoms with Crippen molar-refractivity contribution in [3.63, 3.8) is 0 Å². The summed E-state index contributed by atoms with van der Waals surface area (Å²) in [4.78, 5) is 0. The molecular weight excluding hydrogens is 267 g/mol. The van der Waals surface area contributed by atoms with Gasteiger partial charge in [-0.05, 0) is 24.9 Å². The third-order valence-corrected chi connectivity index (χ3v) is 3.14. The molecule has 114 valence electrons. The Labute approximate surface area is 118 Å². The lowest BCUT2D eigenvalue weighted by Gasteiger charge is -2.28. The maximum Gasteiger partial charge on any atom is 0.389 e. The molecule has 0 radical (unpaired) electrons. The van der Waals surface area contributed by atoms with Gasteiger partial charge in [0.25, 0.3) is 0 Å². The van der Waals surface area contributed by atoms with Gasteiger partial charge in [-0.3, -0.25) is 0 Å². The molecule has 5 heteroatoms. The summed E-state index contributed by atoms with van der Waals surface area (Å²) in [5, 5.41) is 3.17. The highest BCUT2D eigenvalue weighted by atomic mass is 19.4. The van der Waals surface area contributed by atoms with Crippen molar-refractivity contribution >= 4 is 0 Å². The topological polar surface area (TPSA) is 21.3 Å². The predicted octanol–water partition coefficient (Wildman–Crippen LogP) is 4.08. The van der Waals surface area contributed by atoms with Crippen molar-refractivity contribution < 1.29 is 17.9 Å². The number of halogens is 3. The van der Waals surface area contributed by atoms with Gasteiger partial charge < -0.3 is 10.1 Å². The number of ether oxygens (including phenoxy) is 1. The van der Waals surface area contributed by atoms with E-state index in [9.17, 15) is 13.2 Å². The zero-order chi connectivity index (χ0) is 15.0. The van der Waals surface area contributed by atoms with Crippen LogP contribution in [0.25, 0.3) is 0 Å². The summed E-state index contributed by atoms with van der Waals surface area (Å²) in [6.07, 6.45) is -4.43. The molecule has 0 aliphatic heterocycles. The minimum absolute atomic E-state index is 0.0108.